The molecule has 0 unspecified atom stereocenters. The predicted molar refractivity (Wildman–Crippen MR) is 28.6 cm³/mol. The van der Waals surface area contributed by atoms with Crippen molar-refractivity contribution in [2.24, 2.45) is 0 Å². The van der Waals surface area contributed by atoms with Gasteiger partial charge in [-0.2, -0.15) is 0 Å². The number of rotatable bonds is 0. The van der Waals surface area contributed by atoms with Crippen LogP contribution in [0.2, 0.25) is 0 Å². The molecule has 44 valence electrons. The summed E-state index contributed by atoms with van der Waals surface area (Å²) < 4.78 is 4.37. The molecule has 1 rings (SSSR count). The van der Waals surface area contributed by atoms with Crippen molar-refractivity contribution in [3.05, 3.63) is 34.9 Å². The molecule has 0 saturated heterocycles. The summed E-state index contributed by atoms with van der Waals surface area (Å²) in [5, 5.41) is 0. The van der Waals surface area contributed by atoms with E-state index >= 15 is 0 Å². The molecule has 0 bridgehead atoms. The van der Waals surface area contributed by atoms with E-state index in [4.69, 9.17) is 0 Å². The molecule has 8 heavy (non-hydrogen) atoms. The molecule has 0 amide bonds. The minimum atomic E-state index is -0.303. The Morgan fingerprint density at radius 3 is 2.38 bits per heavy atom. The molecule has 0 spiro atoms. The highest BCUT2D eigenvalue weighted by Gasteiger charge is 1.72. The monoisotopic (exact) mass is 114 g/mol. The largest absolute Gasteiger partial charge is 0.431 e. The fraction of sp³-hybridized carbons (Fsp3) is 0. The minimum Gasteiger partial charge on any atom is -0.431 e. The molecular formula is C5H6O3. The van der Waals surface area contributed by atoms with Gasteiger partial charge in [0.15, 0.2) is 0 Å². The highest BCUT2D eigenvalue weighted by atomic mass is 16.4. The van der Waals surface area contributed by atoms with Crippen LogP contribution in [0, 0.1) is 0 Å². The first-order valence-corrected chi connectivity index (χ1v) is 1.93. The lowest BCUT2D eigenvalue weighted by Crippen LogP contribution is -1.90. The van der Waals surface area contributed by atoms with Gasteiger partial charge >= 0.3 is 5.63 Å². The molecule has 0 aliphatic carbocycles. The van der Waals surface area contributed by atoms with Crippen molar-refractivity contribution in [2.45, 2.75) is 0 Å². The lowest BCUT2D eigenvalue weighted by molar-refractivity contribution is 0.511. The fourth-order valence-electron chi connectivity index (χ4n) is 0.325. The minimum absolute atomic E-state index is 0. The van der Waals surface area contributed by atoms with Gasteiger partial charge in [0.2, 0.25) is 0 Å². The second-order valence-corrected chi connectivity index (χ2v) is 1.12. The van der Waals surface area contributed by atoms with Crippen molar-refractivity contribution in [3.8, 4) is 0 Å². The van der Waals surface area contributed by atoms with E-state index in [9.17, 15) is 4.79 Å². The third-order valence-corrected chi connectivity index (χ3v) is 0.606. The van der Waals surface area contributed by atoms with E-state index in [0.29, 0.717) is 0 Å². The molecule has 1 aromatic rings. The van der Waals surface area contributed by atoms with Gasteiger partial charge in [-0.3, -0.25) is 0 Å². The van der Waals surface area contributed by atoms with Gasteiger partial charge in [0.25, 0.3) is 0 Å². The molecule has 1 heterocycles. The van der Waals surface area contributed by atoms with Crippen LogP contribution < -0.4 is 5.63 Å². The zero-order valence-corrected chi connectivity index (χ0v) is 4.13. The lowest BCUT2D eigenvalue weighted by Gasteiger charge is -1.72. The summed E-state index contributed by atoms with van der Waals surface area (Å²) in [6, 6.07) is 4.65. The van der Waals surface area contributed by atoms with E-state index in [1.54, 1.807) is 12.1 Å². The van der Waals surface area contributed by atoms with Gasteiger partial charge < -0.3 is 9.89 Å². The van der Waals surface area contributed by atoms with E-state index in [2.05, 4.69) is 4.42 Å². The van der Waals surface area contributed by atoms with Crippen LogP contribution in [0.4, 0.5) is 0 Å². The van der Waals surface area contributed by atoms with E-state index in [1.807, 2.05) is 0 Å². The Balaban J connectivity index is 0.000000490. The lowest BCUT2D eigenvalue weighted by atomic mass is 10.5. The van der Waals surface area contributed by atoms with Crippen molar-refractivity contribution >= 4 is 0 Å². The molecule has 3 heteroatoms. The third kappa shape index (κ3) is 1.57. The zero-order chi connectivity index (χ0) is 5.11. The van der Waals surface area contributed by atoms with Crippen molar-refractivity contribution in [3.63, 3.8) is 0 Å². The highest BCUT2D eigenvalue weighted by molar-refractivity contribution is 4.85. The van der Waals surface area contributed by atoms with Crippen LogP contribution in [0.15, 0.2) is 33.7 Å². The van der Waals surface area contributed by atoms with Crippen LogP contribution in [-0.2, 0) is 0 Å². The second-order valence-electron chi connectivity index (χ2n) is 1.12. The Morgan fingerprint density at radius 2 is 2.12 bits per heavy atom. The molecular weight excluding hydrogens is 108 g/mol. The van der Waals surface area contributed by atoms with Crippen LogP contribution in [0.5, 0.6) is 0 Å². The first-order valence-electron chi connectivity index (χ1n) is 1.93. The van der Waals surface area contributed by atoms with Gasteiger partial charge in [-0.05, 0) is 6.07 Å². The summed E-state index contributed by atoms with van der Waals surface area (Å²) in [6.07, 6.45) is 1.35. The van der Waals surface area contributed by atoms with Crippen LogP contribution in [0.3, 0.4) is 0 Å². The summed E-state index contributed by atoms with van der Waals surface area (Å²) in [5.74, 6) is 0. The standard InChI is InChI=1S/C5H4O2.H2O/c6-5-3-1-2-4-7-5;/h1-4H;1H2. The average molecular weight is 114 g/mol. The van der Waals surface area contributed by atoms with Gasteiger partial charge in [0.1, 0.15) is 0 Å². The predicted octanol–water partition coefficient (Wildman–Crippen LogP) is -0.185. The maximum absolute atomic E-state index is 10.1. The van der Waals surface area contributed by atoms with E-state index in [0.717, 1.165) is 0 Å². The molecule has 0 aliphatic heterocycles. The summed E-state index contributed by atoms with van der Waals surface area (Å²) in [7, 11) is 0. The van der Waals surface area contributed by atoms with Gasteiger partial charge in [0, 0.05) is 6.07 Å². The average Bonchev–Trinajstić information content (AvgIpc) is 1.69. The Kier molecular flexibility index (Phi) is 2.58. The highest BCUT2D eigenvalue weighted by Crippen LogP contribution is 1.72. The topological polar surface area (TPSA) is 61.7 Å². The van der Waals surface area contributed by atoms with E-state index in [-0.39, 0.29) is 11.1 Å². The Hall–Kier alpha value is -1.09. The second kappa shape index (κ2) is 2.98. The summed E-state index contributed by atoms with van der Waals surface area (Å²) >= 11 is 0. The van der Waals surface area contributed by atoms with Gasteiger partial charge in [-0.15, -0.1) is 0 Å². The number of hydrogen-bond donors (Lipinski definition) is 0. The SMILES string of the molecule is O.O=c1cccco1. The molecule has 0 aromatic carbocycles. The van der Waals surface area contributed by atoms with Crippen molar-refractivity contribution in [1.82, 2.24) is 0 Å². The van der Waals surface area contributed by atoms with E-state index < -0.39 is 0 Å². The third-order valence-electron chi connectivity index (χ3n) is 0.606. The summed E-state index contributed by atoms with van der Waals surface area (Å²) in [5.41, 5.74) is -0.303. The Morgan fingerprint density at radius 1 is 1.38 bits per heavy atom. The van der Waals surface area contributed by atoms with Crippen LogP contribution in [0.1, 0.15) is 0 Å². The molecule has 1 aromatic heterocycles. The summed E-state index contributed by atoms with van der Waals surface area (Å²) in [4.78, 5) is 10.1. The smallest absolute Gasteiger partial charge is 0.335 e. The quantitative estimate of drug-likeness (QED) is 0.469. The molecule has 0 aliphatic rings. The van der Waals surface area contributed by atoms with Gasteiger partial charge in [0.05, 0.1) is 6.26 Å². The Bertz CT molecular complexity index is 173. The normalized spacial score (nSPS) is 7.50. The maximum Gasteiger partial charge on any atom is 0.335 e. The molecule has 2 N–H and O–H groups in total. The first-order chi connectivity index (χ1) is 3.39. The van der Waals surface area contributed by atoms with Gasteiger partial charge in [-0.25, -0.2) is 4.79 Å². The zero-order valence-electron chi connectivity index (χ0n) is 4.13. The Labute approximate surface area is 45.9 Å². The fourth-order valence-corrected chi connectivity index (χ4v) is 0.325. The molecule has 0 fully saturated rings. The molecule has 0 radical (unpaired) electrons. The molecule has 0 saturated carbocycles. The summed E-state index contributed by atoms with van der Waals surface area (Å²) in [6.45, 7) is 0. The maximum atomic E-state index is 10.1. The molecule has 3 nitrogen and oxygen atoms in total. The number of hydrogen-bond acceptors (Lipinski definition) is 2. The van der Waals surface area contributed by atoms with Crippen molar-refractivity contribution in [2.75, 3.05) is 0 Å². The van der Waals surface area contributed by atoms with Crippen LogP contribution >= 0.6 is 0 Å². The molecule has 0 atom stereocenters. The van der Waals surface area contributed by atoms with Gasteiger partial charge in [-0.1, -0.05) is 6.07 Å². The van der Waals surface area contributed by atoms with Crippen molar-refractivity contribution in [1.29, 1.82) is 0 Å². The van der Waals surface area contributed by atoms with Crippen molar-refractivity contribution < 1.29 is 9.89 Å². The first kappa shape index (κ1) is 6.91. The van der Waals surface area contributed by atoms with Crippen LogP contribution in [0.25, 0.3) is 0 Å². The van der Waals surface area contributed by atoms with E-state index in [1.165, 1.54) is 12.3 Å². The van der Waals surface area contributed by atoms with Crippen LogP contribution in [-0.4, -0.2) is 5.48 Å².